The predicted molar refractivity (Wildman–Crippen MR) is 82.6 cm³/mol. The molecule has 0 saturated carbocycles. The molecule has 0 aromatic heterocycles. The molecule has 0 bridgehead atoms. The van der Waals surface area contributed by atoms with E-state index >= 15 is 0 Å². The second kappa shape index (κ2) is 9.73. The van der Waals surface area contributed by atoms with E-state index in [1.54, 1.807) is 0 Å². The van der Waals surface area contributed by atoms with Crippen LogP contribution in [0.5, 0.6) is 0 Å². The van der Waals surface area contributed by atoms with Crippen LogP contribution in [0, 0.1) is 11.8 Å². The number of nitrogens with one attached hydrogen (secondary N) is 1. The molecule has 1 fully saturated rings. The maximum absolute atomic E-state index is 5.70. The van der Waals surface area contributed by atoms with E-state index in [1.807, 2.05) is 0 Å². The zero-order valence-corrected chi connectivity index (χ0v) is 13.5. The molecule has 3 nitrogen and oxygen atoms in total. The normalized spacial score (nSPS) is 25.1. The third-order valence-corrected chi connectivity index (χ3v) is 4.00. The molecule has 0 amide bonds. The number of ether oxygens (including phenoxy) is 1. The van der Waals surface area contributed by atoms with Crippen LogP contribution in [-0.4, -0.2) is 50.3 Å². The summed E-state index contributed by atoms with van der Waals surface area (Å²) in [6, 6.07) is 0.734. The third kappa shape index (κ3) is 6.73. The van der Waals surface area contributed by atoms with Crippen LogP contribution in [0.2, 0.25) is 0 Å². The Morgan fingerprint density at radius 2 is 2.11 bits per heavy atom. The molecule has 19 heavy (non-hydrogen) atoms. The van der Waals surface area contributed by atoms with Crippen LogP contribution in [0.3, 0.4) is 0 Å². The van der Waals surface area contributed by atoms with Crippen molar-refractivity contribution in [2.24, 2.45) is 11.8 Å². The fraction of sp³-hybridized carbons (Fsp3) is 1.00. The first kappa shape index (κ1) is 16.9. The highest BCUT2D eigenvalue weighted by molar-refractivity contribution is 4.84. The molecule has 0 aromatic rings. The second-order valence-electron chi connectivity index (χ2n) is 6.29. The molecule has 0 aromatic carbocycles. The summed E-state index contributed by atoms with van der Waals surface area (Å²) in [6.07, 6.45) is 3.81. The fourth-order valence-corrected chi connectivity index (χ4v) is 2.84. The number of likely N-dealkylation sites (tertiary alicyclic amines) is 1. The molecule has 0 spiro atoms. The average Bonchev–Trinajstić information content (AvgIpc) is 2.41. The molecule has 114 valence electrons. The topological polar surface area (TPSA) is 24.5 Å². The molecular weight excluding hydrogens is 236 g/mol. The van der Waals surface area contributed by atoms with Crippen molar-refractivity contribution in [2.45, 2.75) is 53.0 Å². The number of piperidine rings is 1. The van der Waals surface area contributed by atoms with Gasteiger partial charge in [0.05, 0.1) is 6.61 Å². The first-order valence-corrected chi connectivity index (χ1v) is 8.20. The van der Waals surface area contributed by atoms with Gasteiger partial charge < -0.3 is 15.0 Å². The van der Waals surface area contributed by atoms with Crippen LogP contribution in [0.4, 0.5) is 0 Å². The Morgan fingerprint density at radius 1 is 1.32 bits per heavy atom. The maximum Gasteiger partial charge on any atom is 0.0593 e. The lowest BCUT2D eigenvalue weighted by atomic mass is 9.90. The van der Waals surface area contributed by atoms with Gasteiger partial charge in [-0.1, -0.05) is 34.1 Å². The van der Waals surface area contributed by atoms with Gasteiger partial charge in [0.1, 0.15) is 0 Å². The predicted octanol–water partition coefficient (Wildman–Crippen LogP) is 2.76. The Kier molecular flexibility index (Phi) is 8.67. The summed E-state index contributed by atoms with van der Waals surface area (Å²) >= 11 is 0. The lowest BCUT2D eigenvalue weighted by Crippen LogP contribution is -2.50. The van der Waals surface area contributed by atoms with Crippen LogP contribution >= 0.6 is 0 Å². The van der Waals surface area contributed by atoms with Crippen LogP contribution in [0.25, 0.3) is 0 Å². The van der Waals surface area contributed by atoms with Gasteiger partial charge in [-0.2, -0.15) is 0 Å². The zero-order valence-electron chi connectivity index (χ0n) is 13.5. The summed E-state index contributed by atoms with van der Waals surface area (Å²) < 4.78 is 5.70. The number of hydrogen-bond acceptors (Lipinski definition) is 3. The maximum atomic E-state index is 5.70. The smallest absolute Gasteiger partial charge is 0.0593 e. The van der Waals surface area contributed by atoms with Crippen molar-refractivity contribution in [3.05, 3.63) is 0 Å². The van der Waals surface area contributed by atoms with E-state index in [9.17, 15) is 0 Å². The van der Waals surface area contributed by atoms with Crippen LogP contribution < -0.4 is 5.32 Å². The number of rotatable bonds is 9. The van der Waals surface area contributed by atoms with E-state index in [0.717, 1.165) is 31.7 Å². The molecule has 2 unspecified atom stereocenters. The molecular formula is C16H34N2O. The van der Waals surface area contributed by atoms with Crippen LogP contribution in [0.15, 0.2) is 0 Å². The largest absolute Gasteiger partial charge is 0.380 e. The van der Waals surface area contributed by atoms with E-state index < -0.39 is 0 Å². The summed E-state index contributed by atoms with van der Waals surface area (Å²) in [5.74, 6) is 1.46. The molecule has 2 atom stereocenters. The molecule has 3 heteroatoms. The quantitative estimate of drug-likeness (QED) is 0.652. The zero-order chi connectivity index (χ0) is 14.1. The van der Waals surface area contributed by atoms with Crippen LogP contribution in [-0.2, 0) is 4.74 Å². The van der Waals surface area contributed by atoms with E-state index in [0.29, 0.717) is 5.92 Å². The minimum absolute atomic E-state index is 0.646. The monoisotopic (exact) mass is 270 g/mol. The van der Waals surface area contributed by atoms with Crippen molar-refractivity contribution in [3.63, 3.8) is 0 Å². The molecule has 1 saturated heterocycles. The molecule has 1 aliphatic rings. The van der Waals surface area contributed by atoms with Crippen molar-refractivity contribution in [2.75, 3.05) is 39.4 Å². The highest BCUT2D eigenvalue weighted by atomic mass is 16.5. The van der Waals surface area contributed by atoms with E-state index in [1.165, 1.54) is 38.9 Å². The van der Waals surface area contributed by atoms with Gasteiger partial charge in [0.25, 0.3) is 0 Å². The lowest BCUT2D eigenvalue weighted by molar-refractivity contribution is 0.0626. The van der Waals surface area contributed by atoms with Gasteiger partial charge in [0.15, 0.2) is 0 Å². The summed E-state index contributed by atoms with van der Waals surface area (Å²) in [6.45, 7) is 15.5. The van der Waals surface area contributed by atoms with Gasteiger partial charge in [-0.3, -0.25) is 0 Å². The second-order valence-corrected chi connectivity index (χ2v) is 6.29. The molecule has 0 radical (unpaired) electrons. The highest BCUT2D eigenvalue weighted by Crippen LogP contribution is 2.20. The SMILES string of the molecule is CCCNC1CCN(CCOCC(C)C)CC1CC. The van der Waals surface area contributed by atoms with Gasteiger partial charge in [-0.05, 0) is 37.8 Å². The summed E-state index contributed by atoms with van der Waals surface area (Å²) in [7, 11) is 0. The fourth-order valence-electron chi connectivity index (χ4n) is 2.84. The lowest BCUT2D eigenvalue weighted by Gasteiger charge is -2.38. The van der Waals surface area contributed by atoms with Crippen molar-refractivity contribution >= 4 is 0 Å². The molecule has 0 aliphatic carbocycles. The number of nitrogens with zero attached hydrogens (tertiary/aromatic N) is 1. The van der Waals surface area contributed by atoms with Gasteiger partial charge in [0.2, 0.25) is 0 Å². The first-order valence-electron chi connectivity index (χ1n) is 8.20. The Hall–Kier alpha value is -0.120. The molecule has 1 N–H and O–H groups in total. The van der Waals surface area contributed by atoms with Crippen molar-refractivity contribution in [3.8, 4) is 0 Å². The van der Waals surface area contributed by atoms with Gasteiger partial charge in [-0.25, -0.2) is 0 Å². The molecule has 1 aliphatic heterocycles. The summed E-state index contributed by atoms with van der Waals surface area (Å²) in [5, 5.41) is 3.72. The summed E-state index contributed by atoms with van der Waals surface area (Å²) in [4.78, 5) is 2.58. The van der Waals surface area contributed by atoms with Crippen molar-refractivity contribution < 1.29 is 4.74 Å². The van der Waals surface area contributed by atoms with Gasteiger partial charge in [0, 0.05) is 25.7 Å². The molecule has 1 rings (SSSR count). The summed E-state index contributed by atoms with van der Waals surface area (Å²) in [5.41, 5.74) is 0. The average molecular weight is 270 g/mol. The third-order valence-electron chi connectivity index (χ3n) is 4.00. The highest BCUT2D eigenvalue weighted by Gasteiger charge is 2.27. The van der Waals surface area contributed by atoms with Gasteiger partial charge in [-0.15, -0.1) is 0 Å². The Labute approximate surface area is 120 Å². The standard InChI is InChI=1S/C16H34N2O/c1-5-8-17-16-7-9-18(12-15(16)6-2)10-11-19-13-14(3)4/h14-17H,5-13H2,1-4H3. The molecule has 1 heterocycles. The van der Waals surface area contributed by atoms with Crippen LogP contribution in [0.1, 0.15) is 47.0 Å². The van der Waals surface area contributed by atoms with Crippen molar-refractivity contribution in [1.29, 1.82) is 0 Å². The minimum atomic E-state index is 0.646. The van der Waals surface area contributed by atoms with E-state index in [2.05, 4.69) is 37.9 Å². The minimum Gasteiger partial charge on any atom is -0.380 e. The van der Waals surface area contributed by atoms with E-state index in [-0.39, 0.29) is 0 Å². The van der Waals surface area contributed by atoms with Gasteiger partial charge >= 0.3 is 0 Å². The first-order chi connectivity index (χ1) is 9.17. The number of hydrogen-bond donors (Lipinski definition) is 1. The van der Waals surface area contributed by atoms with Crippen molar-refractivity contribution in [1.82, 2.24) is 10.2 Å². The Morgan fingerprint density at radius 3 is 2.74 bits per heavy atom. The Bertz CT molecular complexity index is 221. The van der Waals surface area contributed by atoms with E-state index in [4.69, 9.17) is 4.74 Å². The Balaban J connectivity index is 2.21.